The van der Waals surface area contributed by atoms with E-state index < -0.39 is 21.8 Å². The Kier molecular flexibility index (Phi) is 12.3. The first kappa shape index (κ1) is 26.1. The van der Waals surface area contributed by atoms with Crippen molar-refractivity contribution < 1.29 is 41.1 Å². The Bertz CT molecular complexity index is 743. The van der Waals surface area contributed by atoms with Crippen molar-refractivity contribution in [3.8, 4) is 0 Å². The van der Waals surface area contributed by atoms with Crippen LogP contribution in [0.25, 0.3) is 0 Å². The zero-order valence-corrected chi connectivity index (χ0v) is 16.0. The molecule has 162 valence electrons. The van der Waals surface area contributed by atoms with Gasteiger partial charge in [-0.2, -0.15) is 0 Å². The van der Waals surface area contributed by atoms with Crippen LogP contribution in [0.3, 0.4) is 0 Å². The highest BCUT2D eigenvalue weighted by Crippen LogP contribution is 2.12. The summed E-state index contributed by atoms with van der Waals surface area (Å²) < 4.78 is 0. The fourth-order valence-electron chi connectivity index (χ4n) is 1.85. The first-order valence-electron chi connectivity index (χ1n) is 8.64. The molecular weight excluding hydrogens is 400 g/mol. The van der Waals surface area contributed by atoms with Crippen LogP contribution in [0.5, 0.6) is 0 Å². The number of carbonyl (C=O) groups is 2. The predicted molar refractivity (Wildman–Crippen MR) is 99.6 cm³/mol. The molecule has 2 aromatic rings. The average Bonchev–Trinajstić information content (AvgIpc) is 2.73. The molecule has 0 aliphatic rings. The van der Waals surface area contributed by atoms with Crippen molar-refractivity contribution in [3.05, 3.63) is 79.9 Å². The van der Waals surface area contributed by atoms with Gasteiger partial charge in [-0.15, -0.1) is 0 Å². The van der Waals surface area contributed by atoms with Crippen LogP contribution in [0.2, 0.25) is 0 Å². The Morgan fingerprint density at radius 1 is 0.733 bits per heavy atom. The molecule has 2 aromatic carbocycles. The van der Waals surface area contributed by atoms with E-state index in [1.54, 1.807) is 0 Å². The number of carbonyl (C=O) groups excluding carboxylic acids is 2. The number of nitrogens with zero attached hydrogens (tertiary/aromatic N) is 2. The zero-order valence-electron chi connectivity index (χ0n) is 16.0. The molecule has 0 spiro atoms. The molecular formula is C18H22N4O8. The molecule has 12 heteroatoms. The molecule has 0 bridgehead atoms. The van der Waals surface area contributed by atoms with Crippen LogP contribution >= 0.6 is 0 Å². The molecule has 0 aromatic heterocycles. The maximum Gasteiger partial charge on any atom is 0.270 e. The minimum absolute atomic E-state index is 0.191. The van der Waals surface area contributed by atoms with Gasteiger partial charge in [0.15, 0.2) is 0 Å². The number of carboxylic acid groups (broad SMARTS) is 2. The molecule has 0 atom stereocenters. The second kappa shape index (κ2) is 14.1. The van der Waals surface area contributed by atoms with E-state index in [4.69, 9.17) is 0 Å². The summed E-state index contributed by atoms with van der Waals surface area (Å²) in [5.74, 6) is -2.84. The van der Waals surface area contributed by atoms with Gasteiger partial charge in [-0.3, -0.25) is 20.2 Å². The number of hydrogen-bond donors (Lipinski definition) is 2. The average molecular weight is 422 g/mol. The Labute approximate surface area is 171 Å². The highest BCUT2D eigenvalue weighted by atomic mass is 16.6. The molecule has 0 fully saturated rings. The van der Waals surface area contributed by atoms with E-state index in [0.717, 1.165) is 25.2 Å². The summed E-state index contributed by atoms with van der Waals surface area (Å²) in [5.41, 5.74) is 6.50. The van der Waals surface area contributed by atoms with Crippen LogP contribution in [-0.4, -0.2) is 34.9 Å². The number of aromatic carboxylic acids is 2. The molecule has 30 heavy (non-hydrogen) atoms. The van der Waals surface area contributed by atoms with Crippen molar-refractivity contribution >= 4 is 23.3 Å². The number of rotatable bonds is 7. The highest BCUT2D eigenvalue weighted by molar-refractivity contribution is 5.86. The van der Waals surface area contributed by atoms with Crippen LogP contribution in [0.1, 0.15) is 33.6 Å². The van der Waals surface area contributed by atoms with Gasteiger partial charge < -0.3 is 31.3 Å². The Morgan fingerprint density at radius 2 is 1.07 bits per heavy atom. The fraction of sp³-hybridized carbons (Fsp3) is 0.222. The zero-order chi connectivity index (χ0) is 23.1. The van der Waals surface area contributed by atoms with Gasteiger partial charge in [0.2, 0.25) is 0 Å². The van der Waals surface area contributed by atoms with Crippen LogP contribution in [-0.2, 0) is 0 Å². The molecule has 0 aliphatic carbocycles. The molecule has 12 nitrogen and oxygen atoms in total. The summed E-state index contributed by atoms with van der Waals surface area (Å²) in [6.45, 7) is 2.13. The van der Waals surface area contributed by atoms with Crippen molar-refractivity contribution in [2.45, 2.75) is 12.8 Å². The number of quaternary nitrogens is 2. The molecule has 0 radical (unpaired) electrons. The molecule has 0 heterocycles. The Hall–Kier alpha value is -3.90. The van der Waals surface area contributed by atoms with E-state index in [9.17, 15) is 40.0 Å². The number of benzene rings is 2. The summed E-state index contributed by atoms with van der Waals surface area (Å²) in [6, 6.07) is 9.40. The van der Waals surface area contributed by atoms with Gasteiger partial charge >= 0.3 is 0 Å². The number of nitro benzene ring substituents is 2. The van der Waals surface area contributed by atoms with E-state index in [1.165, 1.54) is 49.2 Å². The lowest BCUT2D eigenvalue weighted by Crippen LogP contribution is -2.53. The number of hydrogen-bond acceptors (Lipinski definition) is 8. The van der Waals surface area contributed by atoms with E-state index in [0.29, 0.717) is 0 Å². The maximum absolute atomic E-state index is 10.2. The van der Waals surface area contributed by atoms with Gasteiger partial charge in [-0.1, -0.05) is 24.3 Å². The first-order chi connectivity index (χ1) is 14.1. The van der Waals surface area contributed by atoms with Gasteiger partial charge in [0.25, 0.3) is 11.4 Å². The van der Waals surface area contributed by atoms with E-state index >= 15 is 0 Å². The quantitative estimate of drug-likeness (QED) is 0.292. The van der Waals surface area contributed by atoms with Gasteiger partial charge in [-0.05, 0) is 0 Å². The van der Waals surface area contributed by atoms with Gasteiger partial charge in [0.05, 0.1) is 34.9 Å². The molecule has 0 aliphatic heterocycles. The summed E-state index contributed by atoms with van der Waals surface area (Å²) in [4.78, 5) is 39.5. The second-order valence-corrected chi connectivity index (χ2v) is 5.60. The SMILES string of the molecule is O=C([O-])c1cccc([N+](=O)[O-])c1.O=C([O-])c1cccc([N+](=O)[O-])c1.[NH3+]CCCC[NH3+]. The van der Waals surface area contributed by atoms with Crippen LogP contribution in [0, 0.1) is 20.2 Å². The molecule has 2 rings (SSSR count). The minimum Gasteiger partial charge on any atom is -0.545 e. The first-order valence-corrected chi connectivity index (χ1v) is 8.64. The van der Waals surface area contributed by atoms with Gasteiger partial charge in [0, 0.05) is 48.2 Å². The van der Waals surface area contributed by atoms with Crippen molar-refractivity contribution in [1.29, 1.82) is 0 Å². The lowest BCUT2D eigenvalue weighted by atomic mass is 10.2. The number of non-ortho nitro benzene ring substituents is 2. The summed E-state index contributed by atoms with van der Waals surface area (Å²) in [6.07, 6.45) is 2.48. The fourth-order valence-corrected chi connectivity index (χ4v) is 1.85. The van der Waals surface area contributed by atoms with Crippen LogP contribution in [0.4, 0.5) is 11.4 Å². The number of unbranched alkanes of at least 4 members (excludes halogenated alkanes) is 1. The molecule has 0 unspecified atom stereocenters. The van der Waals surface area contributed by atoms with Crippen molar-refractivity contribution in [2.24, 2.45) is 0 Å². The second-order valence-electron chi connectivity index (χ2n) is 5.60. The third-order valence-corrected chi connectivity index (χ3v) is 3.34. The van der Waals surface area contributed by atoms with Crippen molar-refractivity contribution in [3.63, 3.8) is 0 Å². The predicted octanol–water partition coefficient (Wildman–Crippen LogP) is -1.83. The standard InChI is InChI=1S/2C7H5NO4.C4H12N2/c2*9-7(10)5-2-1-3-6(4-5)8(11)12;5-3-1-2-4-6/h2*1-4H,(H,9,10);1-6H2. The van der Waals surface area contributed by atoms with E-state index in [-0.39, 0.29) is 22.5 Å². The molecule has 0 amide bonds. The molecule has 6 N–H and O–H groups in total. The lowest BCUT2D eigenvalue weighted by Gasteiger charge is -1.99. The maximum atomic E-state index is 10.2. The third kappa shape index (κ3) is 10.4. The van der Waals surface area contributed by atoms with Gasteiger partial charge in [0.1, 0.15) is 0 Å². The number of nitro groups is 2. The molecule has 0 saturated heterocycles. The number of carboxylic acids is 2. The molecule has 0 saturated carbocycles. The van der Waals surface area contributed by atoms with Crippen LogP contribution in [0.15, 0.2) is 48.5 Å². The highest BCUT2D eigenvalue weighted by Gasteiger charge is 2.05. The third-order valence-electron chi connectivity index (χ3n) is 3.34. The van der Waals surface area contributed by atoms with Crippen molar-refractivity contribution in [2.75, 3.05) is 13.1 Å². The monoisotopic (exact) mass is 422 g/mol. The van der Waals surface area contributed by atoms with Gasteiger partial charge in [-0.25, -0.2) is 0 Å². The summed E-state index contributed by atoms with van der Waals surface area (Å²) in [7, 11) is 0. The smallest absolute Gasteiger partial charge is 0.270 e. The van der Waals surface area contributed by atoms with E-state index in [1.807, 2.05) is 0 Å². The Morgan fingerprint density at radius 3 is 1.30 bits per heavy atom. The normalized spacial score (nSPS) is 9.27. The minimum atomic E-state index is -1.42. The summed E-state index contributed by atoms with van der Waals surface area (Å²) >= 11 is 0. The van der Waals surface area contributed by atoms with E-state index in [2.05, 4.69) is 11.5 Å². The Balaban J connectivity index is 0.000000447. The largest absolute Gasteiger partial charge is 0.545 e. The summed E-state index contributed by atoms with van der Waals surface area (Å²) in [5, 5.41) is 40.8. The lowest BCUT2D eigenvalue weighted by molar-refractivity contribution is -0.385. The van der Waals surface area contributed by atoms with Crippen LogP contribution < -0.4 is 21.7 Å². The topological polar surface area (TPSA) is 222 Å². The van der Waals surface area contributed by atoms with Crippen molar-refractivity contribution in [1.82, 2.24) is 0 Å².